The Morgan fingerprint density at radius 2 is 1.53 bits per heavy atom. The molecule has 0 aliphatic heterocycles. The number of amides is 1. The number of benzene rings is 1. The van der Waals surface area contributed by atoms with Gasteiger partial charge in [-0.3, -0.25) is 19.2 Å². The Morgan fingerprint density at radius 1 is 0.912 bits per heavy atom. The maximum atomic E-state index is 12.0. The van der Waals surface area contributed by atoms with Gasteiger partial charge >= 0.3 is 17.9 Å². The molecular formula is C24H33NO9. The number of carboxylic acid groups (broad SMARTS) is 2. The number of unbranched alkanes of at least 4 members (excludes halogenated alkanes) is 3. The molecule has 0 saturated carbocycles. The number of hydrogen-bond acceptors (Lipinski definition) is 7. The summed E-state index contributed by atoms with van der Waals surface area (Å²) in [6, 6.07) is 5.76. The van der Waals surface area contributed by atoms with Crippen LogP contribution in [0.4, 0.5) is 0 Å². The SMILES string of the molecule is CCCCCCC(NC(=O)COCC(=O)OCc1ccc(CC(C(=O)O)C(=O)O)cc1)C(C)=O. The van der Waals surface area contributed by atoms with Gasteiger partial charge in [-0.25, -0.2) is 4.79 Å². The molecule has 0 fully saturated rings. The number of carbonyl (C=O) groups excluding carboxylic acids is 3. The van der Waals surface area contributed by atoms with Gasteiger partial charge in [0.1, 0.15) is 19.8 Å². The van der Waals surface area contributed by atoms with Gasteiger partial charge in [-0.1, -0.05) is 56.9 Å². The van der Waals surface area contributed by atoms with Crippen LogP contribution in [0.15, 0.2) is 24.3 Å². The van der Waals surface area contributed by atoms with Gasteiger partial charge in [0.15, 0.2) is 11.7 Å². The van der Waals surface area contributed by atoms with Crippen LogP contribution in [0.2, 0.25) is 0 Å². The number of Topliss-reactive ketones (excluding diaryl/α,β-unsaturated/α-hetero) is 1. The molecule has 1 atom stereocenters. The summed E-state index contributed by atoms with van der Waals surface area (Å²) in [4.78, 5) is 57.5. The molecule has 10 nitrogen and oxygen atoms in total. The minimum atomic E-state index is -1.54. The number of aliphatic carboxylic acids is 2. The monoisotopic (exact) mass is 479 g/mol. The number of ketones is 1. The molecule has 188 valence electrons. The van der Waals surface area contributed by atoms with Crippen molar-refractivity contribution < 1.29 is 43.7 Å². The van der Waals surface area contributed by atoms with Gasteiger partial charge in [-0.15, -0.1) is 0 Å². The van der Waals surface area contributed by atoms with Gasteiger partial charge < -0.3 is 25.0 Å². The number of nitrogens with one attached hydrogen (secondary N) is 1. The van der Waals surface area contributed by atoms with Crippen molar-refractivity contribution in [2.45, 2.75) is 65.0 Å². The highest BCUT2D eigenvalue weighted by atomic mass is 16.6. The zero-order valence-electron chi connectivity index (χ0n) is 19.6. The summed E-state index contributed by atoms with van der Waals surface area (Å²) in [5, 5.41) is 20.5. The van der Waals surface area contributed by atoms with Crippen LogP contribution in [-0.4, -0.2) is 59.1 Å². The molecule has 10 heteroatoms. The van der Waals surface area contributed by atoms with Crippen LogP contribution in [0.5, 0.6) is 0 Å². The van der Waals surface area contributed by atoms with Crippen molar-refractivity contribution in [1.82, 2.24) is 5.32 Å². The normalized spacial score (nSPS) is 11.6. The van der Waals surface area contributed by atoms with E-state index in [1.165, 1.54) is 6.92 Å². The molecule has 1 unspecified atom stereocenters. The molecule has 1 rings (SSSR count). The summed E-state index contributed by atoms with van der Waals surface area (Å²) < 4.78 is 10.1. The highest BCUT2D eigenvalue weighted by Gasteiger charge is 2.25. The molecule has 1 aromatic carbocycles. The maximum absolute atomic E-state index is 12.0. The second-order valence-electron chi connectivity index (χ2n) is 7.98. The van der Waals surface area contributed by atoms with Crippen LogP contribution in [0.25, 0.3) is 0 Å². The van der Waals surface area contributed by atoms with Crippen LogP contribution in [-0.2, 0) is 46.5 Å². The van der Waals surface area contributed by atoms with E-state index < -0.39 is 42.4 Å². The lowest BCUT2D eigenvalue weighted by Gasteiger charge is -2.15. The molecule has 1 aromatic rings. The van der Waals surface area contributed by atoms with Crippen LogP contribution < -0.4 is 5.32 Å². The van der Waals surface area contributed by atoms with Crippen LogP contribution in [0.1, 0.15) is 57.1 Å². The molecular weight excluding hydrogens is 446 g/mol. The van der Waals surface area contributed by atoms with Gasteiger partial charge in [0.25, 0.3) is 0 Å². The molecule has 0 aliphatic carbocycles. The van der Waals surface area contributed by atoms with Crippen molar-refractivity contribution in [3.63, 3.8) is 0 Å². The average Bonchev–Trinajstić information content (AvgIpc) is 2.78. The topological polar surface area (TPSA) is 156 Å². The minimum Gasteiger partial charge on any atom is -0.481 e. The molecule has 0 aliphatic rings. The highest BCUT2D eigenvalue weighted by Crippen LogP contribution is 2.12. The first kappa shape index (κ1) is 28.8. The summed E-state index contributed by atoms with van der Waals surface area (Å²) in [5.41, 5.74) is 1.14. The molecule has 34 heavy (non-hydrogen) atoms. The second-order valence-corrected chi connectivity index (χ2v) is 7.98. The molecule has 0 bridgehead atoms. The maximum Gasteiger partial charge on any atom is 0.332 e. The van der Waals surface area contributed by atoms with Crippen LogP contribution in [0.3, 0.4) is 0 Å². The minimum absolute atomic E-state index is 0.0693. The van der Waals surface area contributed by atoms with Crippen molar-refractivity contribution in [3.05, 3.63) is 35.4 Å². The highest BCUT2D eigenvalue weighted by molar-refractivity contribution is 5.93. The standard InChI is InChI=1S/C24H33NO9/c1-3-4-5-6-7-20(16(2)26)25-21(27)14-33-15-22(28)34-13-18-10-8-17(9-11-18)12-19(23(29)30)24(31)32/h8-11,19-20H,3-7,12-15H2,1-2H3,(H,25,27)(H,29,30)(H,31,32). The zero-order chi connectivity index (χ0) is 25.5. The van der Waals surface area contributed by atoms with Gasteiger partial charge in [-0.05, 0) is 30.9 Å². The first-order valence-electron chi connectivity index (χ1n) is 11.2. The summed E-state index contributed by atoms with van der Waals surface area (Å²) in [6.07, 6.45) is 4.38. The Bertz CT molecular complexity index is 821. The third-order valence-corrected chi connectivity index (χ3v) is 5.08. The quantitative estimate of drug-likeness (QED) is 0.173. The fourth-order valence-electron chi connectivity index (χ4n) is 3.11. The molecule has 0 spiro atoms. The Kier molecular flexibility index (Phi) is 13.2. The van der Waals surface area contributed by atoms with Crippen molar-refractivity contribution in [1.29, 1.82) is 0 Å². The lowest BCUT2D eigenvalue weighted by atomic mass is 9.99. The van der Waals surface area contributed by atoms with Crippen LogP contribution >= 0.6 is 0 Å². The first-order chi connectivity index (χ1) is 16.1. The smallest absolute Gasteiger partial charge is 0.332 e. The van der Waals surface area contributed by atoms with E-state index in [-0.39, 0.29) is 25.4 Å². The zero-order valence-corrected chi connectivity index (χ0v) is 19.6. The van der Waals surface area contributed by atoms with E-state index in [2.05, 4.69) is 12.2 Å². The average molecular weight is 480 g/mol. The lowest BCUT2D eigenvalue weighted by molar-refractivity contribution is -0.155. The van der Waals surface area contributed by atoms with Crippen molar-refractivity contribution in [3.8, 4) is 0 Å². The lowest BCUT2D eigenvalue weighted by Crippen LogP contribution is -2.41. The van der Waals surface area contributed by atoms with E-state index in [9.17, 15) is 24.0 Å². The van der Waals surface area contributed by atoms with Crippen molar-refractivity contribution in [2.24, 2.45) is 5.92 Å². The largest absolute Gasteiger partial charge is 0.481 e. The van der Waals surface area contributed by atoms with E-state index in [0.29, 0.717) is 17.5 Å². The number of rotatable bonds is 17. The third kappa shape index (κ3) is 11.6. The molecule has 0 aromatic heterocycles. The predicted molar refractivity (Wildman–Crippen MR) is 121 cm³/mol. The number of carboxylic acids is 2. The Balaban J connectivity index is 2.35. The van der Waals surface area contributed by atoms with Gasteiger partial charge in [0, 0.05) is 0 Å². The van der Waals surface area contributed by atoms with E-state index >= 15 is 0 Å². The number of esters is 1. The van der Waals surface area contributed by atoms with Gasteiger partial charge in [0.2, 0.25) is 5.91 Å². The van der Waals surface area contributed by atoms with E-state index in [1.54, 1.807) is 24.3 Å². The summed E-state index contributed by atoms with van der Waals surface area (Å²) in [7, 11) is 0. The van der Waals surface area contributed by atoms with Gasteiger partial charge in [0.05, 0.1) is 6.04 Å². The molecule has 0 heterocycles. The molecule has 0 saturated heterocycles. The summed E-state index contributed by atoms with van der Waals surface area (Å²) >= 11 is 0. The summed E-state index contributed by atoms with van der Waals surface area (Å²) in [6.45, 7) is 2.63. The fraction of sp³-hybridized carbons (Fsp3) is 0.542. The van der Waals surface area contributed by atoms with Crippen molar-refractivity contribution >= 4 is 29.6 Å². The summed E-state index contributed by atoms with van der Waals surface area (Å²) in [5.74, 6) is -5.66. The number of carbonyl (C=O) groups is 5. The van der Waals surface area contributed by atoms with Crippen LogP contribution in [0, 0.1) is 5.92 Å². The Morgan fingerprint density at radius 3 is 2.09 bits per heavy atom. The fourth-order valence-corrected chi connectivity index (χ4v) is 3.11. The van der Waals surface area contributed by atoms with Gasteiger partial charge in [-0.2, -0.15) is 0 Å². The van der Waals surface area contributed by atoms with E-state index in [0.717, 1.165) is 25.7 Å². The Labute approximate surface area is 198 Å². The molecule has 1 amide bonds. The predicted octanol–water partition coefficient (Wildman–Crippen LogP) is 2.12. The number of hydrogen-bond donors (Lipinski definition) is 3. The van der Waals surface area contributed by atoms with E-state index in [1.807, 2.05) is 0 Å². The van der Waals surface area contributed by atoms with Crippen molar-refractivity contribution in [2.75, 3.05) is 13.2 Å². The molecule has 0 radical (unpaired) electrons. The number of ether oxygens (including phenoxy) is 2. The van der Waals surface area contributed by atoms with E-state index in [4.69, 9.17) is 19.7 Å². The third-order valence-electron chi connectivity index (χ3n) is 5.08. The second kappa shape index (κ2) is 15.5. The Hall–Kier alpha value is -3.27. The molecule has 3 N–H and O–H groups in total. The first-order valence-corrected chi connectivity index (χ1v) is 11.2.